The molecular weight excluding hydrogens is 502 g/mol. The van der Waals surface area contributed by atoms with Gasteiger partial charge in [-0.3, -0.25) is 24.4 Å². The second-order valence-electron chi connectivity index (χ2n) is 12.1. The van der Waals surface area contributed by atoms with E-state index in [9.17, 15) is 20.1 Å². The molecule has 0 aromatic carbocycles. The first-order valence-electron chi connectivity index (χ1n) is 15.3. The number of likely N-dealkylation sites (tertiary alicyclic amines) is 5. The fourth-order valence-electron chi connectivity index (χ4n) is 8.52. The van der Waals surface area contributed by atoms with Gasteiger partial charge in [-0.05, 0) is 64.5 Å². The van der Waals surface area contributed by atoms with Crippen molar-refractivity contribution in [2.24, 2.45) is 0 Å². The molecule has 11 heteroatoms. The standard InChI is InChI=1S/C28H49N5O6/c1-39-27(30-16-8-3-9-17-30)23(35)28(31-18-10-4-11-19-31,32-20-12-5-13-21-32)33(25(37)38)24(36)26(27,22-34)29-14-6-2-7-15-29/h24,34,36H,2-22H2,1H3,(H,37,38). The summed E-state index contributed by atoms with van der Waals surface area (Å²) < 4.78 is 6.47. The van der Waals surface area contributed by atoms with Gasteiger partial charge in [0.05, 0.1) is 6.61 Å². The van der Waals surface area contributed by atoms with E-state index in [-0.39, 0.29) is 5.78 Å². The number of carbonyl (C=O) groups is 2. The highest BCUT2D eigenvalue weighted by molar-refractivity contribution is 6.00. The van der Waals surface area contributed by atoms with Crippen LogP contribution in [0, 0.1) is 0 Å². The van der Waals surface area contributed by atoms with Crippen molar-refractivity contribution in [2.45, 2.75) is 100 Å². The van der Waals surface area contributed by atoms with Crippen molar-refractivity contribution in [2.75, 3.05) is 66.1 Å². The van der Waals surface area contributed by atoms with Gasteiger partial charge in [-0.15, -0.1) is 0 Å². The quantitative estimate of drug-likeness (QED) is 0.448. The average Bonchev–Trinajstić information content (AvgIpc) is 2.99. The Morgan fingerprint density at radius 1 is 0.744 bits per heavy atom. The maximum atomic E-state index is 15.8. The minimum Gasteiger partial charge on any atom is -0.465 e. The van der Waals surface area contributed by atoms with Gasteiger partial charge in [-0.1, -0.05) is 25.7 Å². The zero-order chi connectivity index (χ0) is 27.7. The van der Waals surface area contributed by atoms with Gasteiger partial charge in [0.1, 0.15) is 5.54 Å². The number of carboxylic acid groups (broad SMARTS) is 1. The van der Waals surface area contributed by atoms with Crippen LogP contribution in [0.15, 0.2) is 0 Å². The van der Waals surface area contributed by atoms with E-state index in [0.29, 0.717) is 52.4 Å². The van der Waals surface area contributed by atoms with Gasteiger partial charge >= 0.3 is 6.09 Å². The van der Waals surface area contributed by atoms with Crippen LogP contribution in [-0.4, -0.2) is 141 Å². The molecule has 3 N–H and O–H groups in total. The van der Waals surface area contributed by atoms with Crippen LogP contribution in [0.5, 0.6) is 0 Å². The first kappa shape index (κ1) is 29.2. The highest BCUT2D eigenvalue weighted by Crippen LogP contribution is 2.52. The lowest BCUT2D eigenvalue weighted by Gasteiger charge is -2.70. The molecule has 3 unspecified atom stereocenters. The molecule has 0 aliphatic carbocycles. The average molecular weight is 552 g/mol. The van der Waals surface area contributed by atoms with E-state index in [0.717, 1.165) is 81.9 Å². The third-order valence-corrected chi connectivity index (χ3v) is 10.3. The minimum atomic E-state index is -1.72. The normalized spacial score (nSPS) is 36.2. The van der Waals surface area contributed by atoms with Crippen molar-refractivity contribution in [3.8, 4) is 0 Å². The molecule has 5 aliphatic rings. The molecule has 0 aromatic rings. The molecule has 3 atom stereocenters. The van der Waals surface area contributed by atoms with Gasteiger partial charge in [0.25, 0.3) is 0 Å². The SMILES string of the molecule is COC1(N2CCCCC2)C(=O)C(N2CCCCC2)(N2CCCCC2)N(C(=O)O)C(O)C1(CO)N1CCCCC1. The largest absolute Gasteiger partial charge is 0.465 e. The van der Waals surface area contributed by atoms with E-state index < -0.39 is 36.0 Å². The number of methoxy groups -OCH3 is 1. The summed E-state index contributed by atoms with van der Waals surface area (Å²) in [5, 5.41) is 34.8. The van der Waals surface area contributed by atoms with Crippen molar-refractivity contribution in [3.05, 3.63) is 0 Å². The predicted molar refractivity (Wildman–Crippen MR) is 145 cm³/mol. The Balaban J connectivity index is 1.79. The first-order valence-corrected chi connectivity index (χ1v) is 15.3. The molecule has 5 fully saturated rings. The summed E-state index contributed by atoms with van der Waals surface area (Å²) in [6.45, 7) is 3.95. The fraction of sp³-hybridized carbons (Fsp3) is 0.929. The molecule has 5 rings (SSSR count). The molecule has 39 heavy (non-hydrogen) atoms. The monoisotopic (exact) mass is 551 g/mol. The summed E-state index contributed by atoms with van der Waals surface area (Å²) in [5.41, 5.74) is -3.39. The van der Waals surface area contributed by atoms with Gasteiger partial charge in [0.15, 0.2) is 6.23 Å². The molecule has 11 nitrogen and oxygen atoms in total. The molecule has 0 bridgehead atoms. The zero-order valence-corrected chi connectivity index (χ0v) is 23.7. The van der Waals surface area contributed by atoms with Crippen LogP contribution in [-0.2, 0) is 9.53 Å². The van der Waals surface area contributed by atoms with Gasteiger partial charge < -0.3 is 20.1 Å². The Morgan fingerprint density at radius 2 is 1.13 bits per heavy atom. The lowest BCUT2D eigenvalue weighted by atomic mass is 9.70. The van der Waals surface area contributed by atoms with E-state index in [4.69, 9.17) is 4.74 Å². The number of aliphatic hydroxyl groups excluding tert-OH is 2. The van der Waals surface area contributed by atoms with E-state index in [1.807, 2.05) is 19.6 Å². The lowest BCUT2D eigenvalue weighted by molar-refractivity contribution is -0.331. The molecule has 0 radical (unpaired) electrons. The van der Waals surface area contributed by atoms with Crippen LogP contribution >= 0.6 is 0 Å². The van der Waals surface area contributed by atoms with Crippen molar-refractivity contribution < 1.29 is 29.6 Å². The maximum absolute atomic E-state index is 15.8. The highest BCUT2D eigenvalue weighted by Gasteiger charge is 2.79. The molecular formula is C28H49N5O6. The topological polar surface area (TPSA) is 120 Å². The molecule has 5 saturated heterocycles. The van der Waals surface area contributed by atoms with E-state index >= 15 is 4.79 Å². The first-order chi connectivity index (χ1) is 18.9. The van der Waals surface area contributed by atoms with Crippen LogP contribution < -0.4 is 0 Å². The lowest BCUT2D eigenvalue weighted by Crippen LogP contribution is -2.95. The number of carbonyl (C=O) groups excluding carboxylic acids is 1. The minimum absolute atomic E-state index is 0.365. The second kappa shape index (κ2) is 11.9. The van der Waals surface area contributed by atoms with Gasteiger partial charge in [0, 0.05) is 46.4 Å². The Hall–Kier alpha value is -1.34. The fourth-order valence-corrected chi connectivity index (χ4v) is 8.52. The van der Waals surface area contributed by atoms with E-state index in [1.54, 1.807) is 0 Å². The van der Waals surface area contributed by atoms with Crippen molar-refractivity contribution in [1.82, 2.24) is 24.5 Å². The number of piperidine rings is 5. The van der Waals surface area contributed by atoms with Gasteiger partial charge in [0.2, 0.25) is 17.3 Å². The number of hydrogen-bond acceptors (Lipinski definition) is 9. The number of ether oxygens (including phenoxy) is 1. The van der Waals surface area contributed by atoms with Crippen LogP contribution in [0.1, 0.15) is 77.0 Å². The van der Waals surface area contributed by atoms with Gasteiger partial charge in [-0.2, -0.15) is 0 Å². The third-order valence-electron chi connectivity index (χ3n) is 10.3. The van der Waals surface area contributed by atoms with Crippen LogP contribution in [0.3, 0.4) is 0 Å². The van der Waals surface area contributed by atoms with Crippen molar-refractivity contribution in [3.63, 3.8) is 0 Å². The van der Waals surface area contributed by atoms with Gasteiger partial charge in [-0.25, -0.2) is 9.69 Å². The van der Waals surface area contributed by atoms with E-state index in [2.05, 4.69) is 0 Å². The molecule has 222 valence electrons. The molecule has 5 heterocycles. The molecule has 5 aliphatic heterocycles. The maximum Gasteiger partial charge on any atom is 0.412 e. The summed E-state index contributed by atoms with van der Waals surface area (Å²) in [6.07, 6.45) is 7.93. The van der Waals surface area contributed by atoms with Crippen molar-refractivity contribution >= 4 is 11.9 Å². The molecule has 0 spiro atoms. The second-order valence-corrected chi connectivity index (χ2v) is 12.1. The van der Waals surface area contributed by atoms with E-state index in [1.165, 1.54) is 7.11 Å². The number of aliphatic hydroxyl groups is 2. The molecule has 0 aromatic heterocycles. The van der Waals surface area contributed by atoms with Crippen molar-refractivity contribution in [1.29, 1.82) is 0 Å². The Labute approximate surface area is 232 Å². The number of nitrogens with zero attached hydrogens (tertiary/aromatic N) is 5. The summed E-state index contributed by atoms with van der Waals surface area (Å²) >= 11 is 0. The summed E-state index contributed by atoms with van der Waals surface area (Å²) in [7, 11) is 1.52. The summed E-state index contributed by atoms with van der Waals surface area (Å²) in [6, 6.07) is 0. The molecule has 0 saturated carbocycles. The number of rotatable bonds is 6. The van der Waals surface area contributed by atoms with Crippen LogP contribution in [0.2, 0.25) is 0 Å². The molecule has 1 amide bonds. The Bertz CT molecular complexity index is 851. The third kappa shape index (κ3) is 4.26. The van der Waals surface area contributed by atoms with Crippen LogP contribution in [0.4, 0.5) is 4.79 Å². The Kier molecular flexibility index (Phi) is 8.88. The number of Topliss-reactive ketones (excluding diaryl/α,β-unsaturated/α-hetero) is 1. The summed E-state index contributed by atoms with van der Waals surface area (Å²) in [5.74, 6) is -2.08. The zero-order valence-electron chi connectivity index (χ0n) is 23.7. The predicted octanol–water partition coefficient (Wildman–Crippen LogP) is 1.54. The number of hydrogen-bond donors (Lipinski definition) is 3. The number of amides is 1. The Morgan fingerprint density at radius 3 is 1.49 bits per heavy atom. The smallest absolute Gasteiger partial charge is 0.412 e. The highest BCUT2D eigenvalue weighted by atomic mass is 16.5. The van der Waals surface area contributed by atoms with Crippen LogP contribution in [0.25, 0.3) is 0 Å². The summed E-state index contributed by atoms with van der Waals surface area (Å²) in [4.78, 5) is 38.2. The number of ketones is 1.